The van der Waals surface area contributed by atoms with E-state index in [4.69, 9.17) is 16.3 Å². The van der Waals surface area contributed by atoms with Gasteiger partial charge in [0.05, 0.1) is 11.9 Å². The van der Waals surface area contributed by atoms with Crippen LogP contribution in [0.3, 0.4) is 0 Å². The van der Waals surface area contributed by atoms with E-state index >= 15 is 0 Å². The summed E-state index contributed by atoms with van der Waals surface area (Å²) in [6.45, 7) is 4.27. The molecule has 220 valence electrons. The highest BCUT2D eigenvalue weighted by Gasteiger charge is 2.20. The van der Waals surface area contributed by atoms with Crippen molar-refractivity contribution in [2.24, 2.45) is 0 Å². The zero-order valence-electron chi connectivity index (χ0n) is 23.8. The van der Waals surface area contributed by atoms with Gasteiger partial charge in [0.15, 0.2) is 0 Å². The number of thioether (sulfide) groups is 1. The lowest BCUT2D eigenvalue weighted by molar-refractivity contribution is -0.116. The Labute approximate surface area is 260 Å². The molecule has 0 aromatic heterocycles. The number of amides is 3. The van der Waals surface area contributed by atoms with Crippen molar-refractivity contribution >= 4 is 58.5 Å². The molecule has 0 spiro atoms. The van der Waals surface area contributed by atoms with Crippen LogP contribution in [0, 0.1) is 0 Å². The van der Waals surface area contributed by atoms with Crippen molar-refractivity contribution < 1.29 is 19.1 Å². The van der Waals surface area contributed by atoms with Crippen LogP contribution in [0.2, 0.25) is 5.02 Å². The molecule has 3 amide bonds. The maximum absolute atomic E-state index is 13.6. The van der Waals surface area contributed by atoms with Gasteiger partial charge >= 0.3 is 0 Å². The van der Waals surface area contributed by atoms with Crippen LogP contribution < -0.4 is 20.7 Å². The third-order valence-corrected chi connectivity index (χ3v) is 7.80. The fraction of sp³-hybridized carbons (Fsp3) is 0.147. The monoisotopic (exact) mass is 613 g/mol. The average molecular weight is 614 g/mol. The predicted octanol–water partition coefficient (Wildman–Crippen LogP) is 7.66. The molecule has 0 heterocycles. The van der Waals surface area contributed by atoms with Gasteiger partial charge in [-0.3, -0.25) is 14.4 Å². The van der Waals surface area contributed by atoms with Gasteiger partial charge in [-0.15, -0.1) is 11.8 Å². The fourth-order valence-electron chi connectivity index (χ4n) is 4.07. The average Bonchev–Trinajstić information content (AvgIpc) is 3.02. The second-order valence-electron chi connectivity index (χ2n) is 9.34. The summed E-state index contributed by atoms with van der Waals surface area (Å²) >= 11 is 7.35. The van der Waals surface area contributed by atoms with Crippen molar-refractivity contribution in [2.75, 3.05) is 17.2 Å². The number of anilines is 2. The number of hydrogen-bond acceptors (Lipinski definition) is 5. The van der Waals surface area contributed by atoms with Crippen LogP contribution in [0.5, 0.6) is 5.75 Å². The Morgan fingerprint density at radius 3 is 2.28 bits per heavy atom. The second kappa shape index (κ2) is 15.6. The first-order chi connectivity index (χ1) is 20.9. The van der Waals surface area contributed by atoms with Gasteiger partial charge in [0.2, 0.25) is 5.91 Å². The molecule has 9 heteroatoms. The lowest BCUT2D eigenvalue weighted by atomic mass is 10.1. The van der Waals surface area contributed by atoms with Gasteiger partial charge in [0.25, 0.3) is 11.8 Å². The number of carbonyl (C=O) groups is 3. The largest absolute Gasteiger partial charge is 0.493 e. The molecule has 0 fully saturated rings. The minimum absolute atomic E-state index is 0.0489. The molecule has 43 heavy (non-hydrogen) atoms. The standard InChI is InChI=1S/C34H32ClN3O4S/c1-3-31(34(41)36-26-19-17-25(35)18-20-26)43-28-15-10-14-27(22-28)37-33(40)29(38-32(39)23-11-6-5-7-12-23)21-24-13-8-9-16-30(24)42-4-2/h5-22,31H,3-4H2,1-2H3,(H,36,41)(H,37,40)(H,38,39)/b29-21+. The van der Waals surface area contributed by atoms with Gasteiger partial charge in [0.1, 0.15) is 11.4 Å². The molecule has 1 unspecified atom stereocenters. The van der Waals surface area contributed by atoms with Gasteiger partial charge < -0.3 is 20.7 Å². The van der Waals surface area contributed by atoms with Crippen molar-refractivity contribution in [3.63, 3.8) is 0 Å². The Kier molecular flexibility index (Phi) is 11.4. The van der Waals surface area contributed by atoms with E-state index in [1.807, 2.05) is 44.2 Å². The second-order valence-corrected chi connectivity index (χ2v) is 11.1. The molecule has 0 radical (unpaired) electrons. The molecule has 0 aliphatic rings. The van der Waals surface area contributed by atoms with Crippen LogP contribution in [0.4, 0.5) is 11.4 Å². The molecule has 7 nitrogen and oxygen atoms in total. The van der Waals surface area contributed by atoms with E-state index in [2.05, 4.69) is 16.0 Å². The van der Waals surface area contributed by atoms with E-state index in [0.29, 0.717) is 46.3 Å². The molecule has 0 saturated heterocycles. The van der Waals surface area contributed by atoms with Gasteiger partial charge in [-0.2, -0.15) is 0 Å². The number of benzene rings is 4. The van der Waals surface area contributed by atoms with Crippen LogP contribution in [-0.4, -0.2) is 29.6 Å². The van der Waals surface area contributed by atoms with Gasteiger partial charge in [-0.05, 0) is 80.1 Å². The van der Waals surface area contributed by atoms with E-state index in [9.17, 15) is 14.4 Å². The number of nitrogens with one attached hydrogen (secondary N) is 3. The first-order valence-electron chi connectivity index (χ1n) is 13.8. The number of para-hydroxylation sites is 1. The van der Waals surface area contributed by atoms with Crippen LogP contribution in [0.25, 0.3) is 6.08 Å². The normalized spacial score (nSPS) is 11.7. The first kappa shape index (κ1) is 31.4. The van der Waals surface area contributed by atoms with Crippen LogP contribution >= 0.6 is 23.4 Å². The van der Waals surface area contributed by atoms with E-state index in [-0.39, 0.29) is 16.9 Å². The van der Waals surface area contributed by atoms with Crippen molar-refractivity contribution in [2.45, 2.75) is 30.4 Å². The number of rotatable bonds is 12. The van der Waals surface area contributed by atoms with Crippen LogP contribution in [0.15, 0.2) is 114 Å². The molecule has 4 rings (SSSR count). The lowest BCUT2D eigenvalue weighted by Crippen LogP contribution is -2.30. The van der Waals surface area contributed by atoms with Crippen molar-refractivity contribution in [3.05, 3.63) is 125 Å². The Morgan fingerprint density at radius 2 is 1.56 bits per heavy atom. The summed E-state index contributed by atoms with van der Waals surface area (Å²) in [5.41, 5.74) is 2.29. The highest BCUT2D eigenvalue weighted by molar-refractivity contribution is 8.00. The van der Waals surface area contributed by atoms with Gasteiger partial charge in [-0.25, -0.2) is 0 Å². The van der Waals surface area contributed by atoms with Gasteiger partial charge in [0, 0.05) is 32.4 Å². The lowest BCUT2D eigenvalue weighted by Gasteiger charge is -2.16. The number of ether oxygens (including phenoxy) is 1. The molecule has 0 bridgehead atoms. The first-order valence-corrected chi connectivity index (χ1v) is 15.1. The van der Waals surface area contributed by atoms with E-state index in [1.165, 1.54) is 11.8 Å². The summed E-state index contributed by atoms with van der Waals surface area (Å²) in [4.78, 5) is 40.3. The molecular weight excluding hydrogens is 582 g/mol. The Hall–Kier alpha value is -4.53. The van der Waals surface area contributed by atoms with E-state index < -0.39 is 11.8 Å². The quantitative estimate of drug-likeness (QED) is 0.113. The topological polar surface area (TPSA) is 96.5 Å². The smallest absolute Gasteiger partial charge is 0.272 e. The highest BCUT2D eigenvalue weighted by Crippen LogP contribution is 2.29. The molecule has 4 aromatic rings. The van der Waals surface area contributed by atoms with Crippen LogP contribution in [0.1, 0.15) is 36.2 Å². The van der Waals surface area contributed by atoms with Crippen molar-refractivity contribution in [3.8, 4) is 5.75 Å². The van der Waals surface area contributed by atoms with E-state index in [0.717, 1.165) is 4.90 Å². The van der Waals surface area contributed by atoms with Crippen molar-refractivity contribution in [1.29, 1.82) is 0 Å². The molecule has 0 saturated carbocycles. The van der Waals surface area contributed by atoms with Crippen molar-refractivity contribution in [1.82, 2.24) is 5.32 Å². The summed E-state index contributed by atoms with van der Waals surface area (Å²) in [5, 5.41) is 8.80. The maximum atomic E-state index is 13.6. The molecule has 1 atom stereocenters. The van der Waals surface area contributed by atoms with Gasteiger partial charge in [-0.1, -0.05) is 61.0 Å². The summed E-state index contributed by atoms with van der Waals surface area (Å²) in [7, 11) is 0. The molecular formula is C34H32ClN3O4S. The molecule has 0 aliphatic carbocycles. The minimum atomic E-state index is -0.509. The predicted molar refractivity (Wildman–Crippen MR) is 175 cm³/mol. The number of hydrogen-bond donors (Lipinski definition) is 3. The minimum Gasteiger partial charge on any atom is -0.493 e. The Bertz CT molecular complexity index is 1590. The van der Waals surface area contributed by atoms with Crippen LogP contribution in [-0.2, 0) is 9.59 Å². The molecule has 0 aliphatic heterocycles. The third-order valence-electron chi connectivity index (χ3n) is 6.19. The summed E-state index contributed by atoms with van der Waals surface area (Å²) in [6.07, 6.45) is 2.19. The van der Waals surface area contributed by atoms with E-state index in [1.54, 1.807) is 78.9 Å². The third kappa shape index (κ3) is 9.23. The Morgan fingerprint density at radius 1 is 0.837 bits per heavy atom. The summed E-state index contributed by atoms with van der Waals surface area (Å²) in [6, 6.07) is 30.1. The summed E-state index contributed by atoms with van der Waals surface area (Å²) < 4.78 is 5.72. The zero-order valence-corrected chi connectivity index (χ0v) is 25.4. The maximum Gasteiger partial charge on any atom is 0.272 e. The number of carbonyl (C=O) groups excluding carboxylic acids is 3. The highest BCUT2D eigenvalue weighted by atomic mass is 35.5. The SMILES string of the molecule is CCOc1ccccc1/C=C(/NC(=O)c1ccccc1)C(=O)Nc1cccc(SC(CC)C(=O)Nc2ccc(Cl)cc2)c1. The molecule has 4 aromatic carbocycles. The number of halogens is 1. The Balaban J connectivity index is 1.53. The zero-order chi connectivity index (χ0) is 30.6. The molecule has 3 N–H and O–H groups in total. The summed E-state index contributed by atoms with van der Waals surface area (Å²) in [5.74, 6) is -0.473. The fourth-order valence-corrected chi connectivity index (χ4v) is 5.21.